The van der Waals surface area contributed by atoms with E-state index in [0.29, 0.717) is 17.8 Å². The molecule has 1 aromatic rings. The fourth-order valence-electron chi connectivity index (χ4n) is 1.83. The Bertz CT molecular complexity index is 430. The van der Waals surface area contributed by atoms with Crippen LogP contribution in [0.25, 0.3) is 0 Å². The van der Waals surface area contributed by atoms with Gasteiger partial charge in [-0.15, -0.1) is 0 Å². The summed E-state index contributed by atoms with van der Waals surface area (Å²) in [4.78, 5) is 13.8. The minimum atomic E-state index is -0.227. The smallest absolute Gasteiger partial charge is 0.256 e. The average Bonchev–Trinajstić information content (AvgIpc) is 3.12. The summed E-state index contributed by atoms with van der Waals surface area (Å²) in [7, 11) is 0. The Hall–Kier alpha value is -1.75. The fourth-order valence-corrected chi connectivity index (χ4v) is 1.83. The van der Waals surface area contributed by atoms with E-state index >= 15 is 0 Å². The Morgan fingerprint density at radius 1 is 1.47 bits per heavy atom. The number of carbonyl (C=O) groups is 1. The van der Waals surface area contributed by atoms with Crippen LogP contribution in [0.15, 0.2) is 18.2 Å². The summed E-state index contributed by atoms with van der Waals surface area (Å²) in [5.74, 6) is -0.211. The van der Waals surface area contributed by atoms with Crippen molar-refractivity contribution in [2.75, 3.05) is 18.9 Å². The number of nitrogens with zero attached hydrogens (tertiary/aromatic N) is 1. The number of phenolic OH excluding ortho intramolecular Hbond substituents is 1. The first-order valence-electron chi connectivity index (χ1n) is 5.64. The van der Waals surface area contributed by atoms with Crippen molar-refractivity contribution in [2.24, 2.45) is 0 Å². The Morgan fingerprint density at radius 3 is 2.76 bits per heavy atom. The molecule has 0 unspecified atom stereocenters. The maximum Gasteiger partial charge on any atom is 0.256 e. The molecule has 2 rings (SSSR count). The molecule has 17 heavy (non-hydrogen) atoms. The minimum Gasteiger partial charge on any atom is -0.508 e. The van der Waals surface area contributed by atoms with Crippen LogP contribution in [-0.4, -0.2) is 40.2 Å². The number of carbonyl (C=O) groups excluding carboxylic acids is 1. The number of rotatable bonds is 4. The highest BCUT2D eigenvalue weighted by molar-refractivity contribution is 5.99. The van der Waals surface area contributed by atoms with Crippen molar-refractivity contribution in [2.45, 2.75) is 18.9 Å². The van der Waals surface area contributed by atoms with Gasteiger partial charge in [-0.1, -0.05) is 0 Å². The van der Waals surface area contributed by atoms with Crippen molar-refractivity contribution in [3.63, 3.8) is 0 Å². The number of benzene rings is 1. The minimum absolute atomic E-state index is 0.0160. The Balaban J connectivity index is 2.24. The van der Waals surface area contributed by atoms with Crippen LogP contribution in [0.5, 0.6) is 5.75 Å². The number of amides is 1. The third-order valence-corrected chi connectivity index (χ3v) is 2.86. The van der Waals surface area contributed by atoms with E-state index in [9.17, 15) is 9.90 Å². The zero-order chi connectivity index (χ0) is 12.4. The first kappa shape index (κ1) is 11.7. The summed E-state index contributed by atoms with van der Waals surface area (Å²) in [5.41, 5.74) is 6.36. The van der Waals surface area contributed by atoms with Gasteiger partial charge in [-0.2, -0.15) is 0 Å². The zero-order valence-corrected chi connectivity index (χ0v) is 9.47. The van der Waals surface area contributed by atoms with Gasteiger partial charge in [0.25, 0.3) is 5.91 Å². The number of hydrogen-bond acceptors (Lipinski definition) is 4. The summed E-state index contributed by atoms with van der Waals surface area (Å²) in [5, 5.41) is 18.3. The predicted molar refractivity (Wildman–Crippen MR) is 63.7 cm³/mol. The number of aliphatic hydroxyl groups excluding tert-OH is 1. The molecule has 5 heteroatoms. The average molecular weight is 236 g/mol. The van der Waals surface area contributed by atoms with Crippen molar-refractivity contribution in [3.8, 4) is 5.75 Å². The van der Waals surface area contributed by atoms with Crippen molar-refractivity contribution in [1.82, 2.24) is 4.90 Å². The third-order valence-electron chi connectivity index (χ3n) is 2.86. The van der Waals surface area contributed by atoms with Gasteiger partial charge in [-0.05, 0) is 31.0 Å². The SMILES string of the molecule is Nc1ccc(O)cc1C(=O)N(CCO)C1CC1. The van der Waals surface area contributed by atoms with E-state index in [1.165, 1.54) is 18.2 Å². The third kappa shape index (κ3) is 2.50. The topological polar surface area (TPSA) is 86.8 Å². The standard InChI is InChI=1S/C12H16N2O3/c13-11-4-3-9(16)7-10(11)12(17)14(5-6-15)8-1-2-8/h3-4,7-8,15-16H,1-2,5-6,13H2. The van der Waals surface area contributed by atoms with Crippen molar-refractivity contribution in [3.05, 3.63) is 23.8 Å². The van der Waals surface area contributed by atoms with E-state index in [-0.39, 0.29) is 24.3 Å². The van der Waals surface area contributed by atoms with Gasteiger partial charge in [-0.25, -0.2) is 0 Å². The maximum absolute atomic E-state index is 12.2. The summed E-state index contributed by atoms with van der Waals surface area (Å²) in [6.45, 7) is 0.236. The Morgan fingerprint density at radius 2 is 2.18 bits per heavy atom. The van der Waals surface area contributed by atoms with Gasteiger partial charge in [0.1, 0.15) is 5.75 Å². The summed E-state index contributed by atoms with van der Waals surface area (Å²) in [6, 6.07) is 4.52. The number of anilines is 1. The van der Waals surface area contributed by atoms with Gasteiger partial charge in [0.2, 0.25) is 0 Å². The van der Waals surface area contributed by atoms with Gasteiger partial charge < -0.3 is 20.8 Å². The molecule has 0 spiro atoms. The number of nitrogens with two attached hydrogens (primary N) is 1. The highest BCUT2D eigenvalue weighted by Gasteiger charge is 2.33. The van der Waals surface area contributed by atoms with E-state index in [1.807, 2.05) is 0 Å². The van der Waals surface area contributed by atoms with E-state index in [4.69, 9.17) is 10.8 Å². The van der Waals surface area contributed by atoms with Crippen LogP contribution in [-0.2, 0) is 0 Å². The van der Waals surface area contributed by atoms with Crippen molar-refractivity contribution >= 4 is 11.6 Å². The van der Waals surface area contributed by atoms with Gasteiger partial charge in [-0.3, -0.25) is 4.79 Å². The second kappa shape index (κ2) is 4.63. The second-order valence-corrected chi connectivity index (χ2v) is 4.22. The lowest BCUT2D eigenvalue weighted by atomic mass is 10.1. The van der Waals surface area contributed by atoms with Crippen molar-refractivity contribution in [1.29, 1.82) is 0 Å². The number of phenols is 1. The first-order chi connectivity index (χ1) is 8.13. The molecule has 0 aromatic heterocycles. The largest absolute Gasteiger partial charge is 0.508 e. The summed E-state index contributed by atoms with van der Waals surface area (Å²) >= 11 is 0. The lowest BCUT2D eigenvalue weighted by Crippen LogP contribution is -2.35. The summed E-state index contributed by atoms with van der Waals surface area (Å²) in [6.07, 6.45) is 1.93. The molecule has 1 saturated carbocycles. The molecule has 1 aliphatic carbocycles. The molecule has 0 saturated heterocycles. The molecular formula is C12H16N2O3. The van der Waals surface area contributed by atoms with Crippen LogP contribution < -0.4 is 5.73 Å². The highest BCUT2D eigenvalue weighted by Crippen LogP contribution is 2.29. The van der Waals surface area contributed by atoms with Gasteiger partial charge in [0.05, 0.1) is 12.2 Å². The normalized spacial score (nSPS) is 14.6. The van der Waals surface area contributed by atoms with Crippen LogP contribution in [0.2, 0.25) is 0 Å². The van der Waals surface area contributed by atoms with E-state index in [1.54, 1.807) is 4.90 Å². The molecule has 1 aromatic carbocycles. The fraction of sp³-hybridized carbons (Fsp3) is 0.417. The Labute approximate surface area is 99.5 Å². The first-order valence-corrected chi connectivity index (χ1v) is 5.64. The number of nitrogen functional groups attached to an aromatic ring is 1. The molecule has 0 radical (unpaired) electrons. The number of aromatic hydroxyl groups is 1. The van der Waals surface area contributed by atoms with Crippen LogP contribution in [0.1, 0.15) is 23.2 Å². The molecule has 1 fully saturated rings. The number of aliphatic hydroxyl groups is 1. The van der Waals surface area contributed by atoms with Gasteiger partial charge in [0.15, 0.2) is 0 Å². The second-order valence-electron chi connectivity index (χ2n) is 4.22. The van der Waals surface area contributed by atoms with Crippen LogP contribution >= 0.6 is 0 Å². The van der Waals surface area contributed by atoms with E-state index < -0.39 is 0 Å². The molecule has 1 amide bonds. The number of hydrogen-bond donors (Lipinski definition) is 3. The van der Waals surface area contributed by atoms with E-state index in [0.717, 1.165) is 12.8 Å². The van der Waals surface area contributed by atoms with Crippen LogP contribution in [0, 0.1) is 0 Å². The molecule has 4 N–H and O–H groups in total. The molecule has 0 heterocycles. The van der Waals surface area contributed by atoms with Gasteiger partial charge >= 0.3 is 0 Å². The van der Waals surface area contributed by atoms with Gasteiger partial charge in [0, 0.05) is 18.3 Å². The molecule has 0 bridgehead atoms. The van der Waals surface area contributed by atoms with Crippen LogP contribution in [0.4, 0.5) is 5.69 Å². The zero-order valence-electron chi connectivity index (χ0n) is 9.47. The predicted octanol–water partition coefficient (Wildman–Crippen LogP) is 0.571. The molecule has 0 atom stereocenters. The van der Waals surface area contributed by atoms with Crippen LogP contribution in [0.3, 0.4) is 0 Å². The molecule has 92 valence electrons. The monoisotopic (exact) mass is 236 g/mol. The maximum atomic E-state index is 12.2. The highest BCUT2D eigenvalue weighted by atomic mass is 16.3. The Kier molecular flexibility index (Phi) is 3.19. The quantitative estimate of drug-likeness (QED) is 0.527. The lowest BCUT2D eigenvalue weighted by molar-refractivity contribution is 0.0708. The van der Waals surface area contributed by atoms with E-state index in [2.05, 4.69) is 0 Å². The van der Waals surface area contributed by atoms with Crippen molar-refractivity contribution < 1.29 is 15.0 Å². The molecule has 5 nitrogen and oxygen atoms in total. The molecule has 0 aliphatic heterocycles. The molecular weight excluding hydrogens is 220 g/mol. The summed E-state index contributed by atoms with van der Waals surface area (Å²) < 4.78 is 0. The molecule has 1 aliphatic rings. The lowest BCUT2D eigenvalue weighted by Gasteiger charge is -2.22.